The van der Waals surface area contributed by atoms with Crippen LogP contribution in [0.1, 0.15) is 18.4 Å². The van der Waals surface area contributed by atoms with E-state index in [4.69, 9.17) is 0 Å². The van der Waals surface area contributed by atoms with Gasteiger partial charge in [0.1, 0.15) is 5.56 Å². The maximum absolute atomic E-state index is 13.8. The number of anilines is 2. The molecule has 0 spiro atoms. The van der Waals surface area contributed by atoms with Crippen LogP contribution < -0.4 is 20.7 Å². The van der Waals surface area contributed by atoms with Gasteiger partial charge in [-0.2, -0.15) is 13.2 Å². The Morgan fingerprint density at radius 3 is 2.61 bits per heavy atom. The van der Waals surface area contributed by atoms with Crippen LogP contribution >= 0.6 is 0 Å². The molecular weight excluding hydrogens is 498 g/mol. The molecule has 1 aliphatic heterocycles. The fraction of sp³-hybridized carbons (Fsp3) is 0.381. The van der Waals surface area contributed by atoms with E-state index < -0.39 is 41.3 Å². The number of rotatable bonds is 5. The Morgan fingerprint density at radius 1 is 1.19 bits per heavy atom. The van der Waals surface area contributed by atoms with Crippen molar-refractivity contribution in [2.24, 2.45) is 0 Å². The molecule has 15 heteroatoms. The average molecular weight is 518 g/mol. The first kappa shape index (κ1) is 25.3. The molecule has 194 valence electrons. The quantitative estimate of drug-likeness (QED) is 0.356. The number of halogens is 6. The van der Waals surface area contributed by atoms with Crippen molar-refractivity contribution in [3.05, 3.63) is 30.1 Å². The van der Waals surface area contributed by atoms with Crippen molar-refractivity contribution in [2.75, 3.05) is 30.8 Å². The molecule has 1 fully saturated rings. The van der Waals surface area contributed by atoms with Gasteiger partial charge in [-0.05, 0) is 31.5 Å². The number of aromatic amines is 1. The van der Waals surface area contributed by atoms with E-state index in [0.717, 1.165) is 38.8 Å². The Labute approximate surface area is 199 Å². The predicted octanol–water partition coefficient (Wildman–Crippen LogP) is 4.88. The van der Waals surface area contributed by atoms with Crippen LogP contribution in [-0.4, -0.2) is 53.6 Å². The largest absolute Gasteiger partial charge is 0.573 e. The van der Waals surface area contributed by atoms with Crippen LogP contribution in [0.2, 0.25) is 0 Å². The second kappa shape index (κ2) is 9.72. The van der Waals surface area contributed by atoms with Gasteiger partial charge in [0.05, 0.1) is 24.0 Å². The summed E-state index contributed by atoms with van der Waals surface area (Å²) < 4.78 is 89.4. The van der Waals surface area contributed by atoms with Crippen LogP contribution in [0.25, 0.3) is 22.2 Å². The third kappa shape index (κ3) is 5.56. The number of alkyl halides is 6. The number of nitrogens with zero attached hydrogens (tertiary/aromatic N) is 2. The molecule has 2 aromatic heterocycles. The van der Waals surface area contributed by atoms with Crippen LogP contribution in [0.3, 0.4) is 0 Å². The Kier molecular flexibility index (Phi) is 6.84. The highest BCUT2D eigenvalue weighted by atomic mass is 19.4. The van der Waals surface area contributed by atoms with E-state index in [1.807, 2.05) is 0 Å². The van der Waals surface area contributed by atoms with Gasteiger partial charge in [-0.15, -0.1) is 13.2 Å². The minimum absolute atomic E-state index is 0.0563. The molecule has 0 bridgehead atoms. The average Bonchev–Trinajstić information content (AvgIpc) is 3.24. The zero-order valence-electron chi connectivity index (χ0n) is 18.6. The first-order valence-electron chi connectivity index (χ1n) is 10.6. The van der Waals surface area contributed by atoms with Gasteiger partial charge in [0, 0.05) is 35.9 Å². The van der Waals surface area contributed by atoms with Crippen LogP contribution in [0.5, 0.6) is 5.75 Å². The Hall–Kier alpha value is -3.75. The molecule has 1 saturated heterocycles. The van der Waals surface area contributed by atoms with E-state index in [1.165, 1.54) is 6.07 Å². The number of nitrogens with one attached hydrogen (secondary N) is 4. The van der Waals surface area contributed by atoms with E-state index in [9.17, 15) is 31.1 Å². The first-order chi connectivity index (χ1) is 17.0. The van der Waals surface area contributed by atoms with Gasteiger partial charge < -0.3 is 25.1 Å². The van der Waals surface area contributed by atoms with E-state index >= 15 is 0 Å². The molecular formula is C21H20F6N6O3. The Bertz CT molecular complexity index is 1250. The van der Waals surface area contributed by atoms with Crippen LogP contribution in [0, 0.1) is 0 Å². The predicted molar refractivity (Wildman–Crippen MR) is 117 cm³/mol. The summed E-state index contributed by atoms with van der Waals surface area (Å²) in [5, 5.41) is 8.18. The lowest BCUT2D eigenvalue weighted by Crippen LogP contribution is -2.38. The number of amides is 1. The van der Waals surface area contributed by atoms with Crippen molar-refractivity contribution >= 4 is 28.6 Å². The molecule has 1 atom stereocenters. The maximum Gasteiger partial charge on any atom is 0.573 e. The zero-order valence-corrected chi connectivity index (χ0v) is 18.6. The Morgan fingerprint density at radius 2 is 1.97 bits per heavy atom. The molecule has 4 N–H and O–H groups in total. The highest BCUT2D eigenvalue weighted by molar-refractivity contribution is 6.03. The van der Waals surface area contributed by atoms with Crippen molar-refractivity contribution < 1.29 is 40.6 Å². The number of hydrogen-bond donors (Lipinski definition) is 4. The van der Waals surface area contributed by atoms with Gasteiger partial charge in [0.2, 0.25) is 5.95 Å². The number of fused-ring (bicyclic) bond motifs is 1. The summed E-state index contributed by atoms with van der Waals surface area (Å²) in [5.74, 6) is -0.914. The number of methoxy groups -OCH3 is 1. The molecule has 1 aromatic carbocycles. The molecule has 0 unspecified atom stereocenters. The second-order valence-electron chi connectivity index (χ2n) is 7.87. The summed E-state index contributed by atoms with van der Waals surface area (Å²) in [6.07, 6.45) is -7.76. The number of carbonyl (C=O) groups is 1. The summed E-state index contributed by atoms with van der Waals surface area (Å²) in [4.78, 5) is 22.0. The number of hydrogen-bond acceptors (Lipinski definition) is 7. The van der Waals surface area contributed by atoms with Gasteiger partial charge in [0.15, 0.2) is 5.75 Å². The van der Waals surface area contributed by atoms with E-state index in [1.54, 1.807) is 0 Å². The lowest BCUT2D eigenvalue weighted by atomic mass is 10.0. The van der Waals surface area contributed by atoms with Gasteiger partial charge >= 0.3 is 18.6 Å². The molecule has 1 aliphatic rings. The number of carbonyl (C=O) groups excluding carboxylic acids is 1. The van der Waals surface area contributed by atoms with Crippen molar-refractivity contribution in [3.63, 3.8) is 0 Å². The number of H-pyrrole nitrogens is 1. The van der Waals surface area contributed by atoms with Crippen LogP contribution in [0.4, 0.5) is 42.8 Å². The van der Waals surface area contributed by atoms with Crippen LogP contribution in [-0.2, 0) is 10.9 Å². The maximum atomic E-state index is 13.8. The number of benzene rings is 1. The molecule has 3 aromatic rings. The van der Waals surface area contributed by atoms with Crippen molar-refractivity contribution in [1.29, 1.82) is 0 Å². The lowest BCUT2D eigenvalue weighted by molar-refractivity contribution is -0.273. The third-order valence-electron chi connectivity index (χ3n) is 5.43. The highest BCUT2D eigenvalue weighted by Gasteiger charge is 2.37. The molecule has 0 radical (unpaired) electrons. The van der Waals surface area contributed by atoms with Gasteiger partial charge in [-0.25, -0.2) is 14.8 Å². The fourth-order valence-corrected chi connectivity index (χ4v) is 3.87. The summed E-state index contributed by atoms with van der Waals surface area (Å²) in [7, 11) is 1.01. The normalized spacial score (nSPS) is 16.6. The van der Waals surface area contributed by atoms with E-state index in [-0.39, 0.29) is 28.5 Å². The summed E-state index contributed by atoms with van der Waals surface area (Å²) in [6.45, 7) is 1.39. The SMILES string of the molecule is COC(=O)Nc1ccc2c(-c3nc(N[C@H]4CCCNC4)ncc3C(F)(F)F)c[nH]c2c1OC(F)(F)F. The topological polar surface area (TPSA) is 113 Å². The van der Waals surface area contributed by atoms with Crippen molar-refractivity contribution in [2.45, 2.75) is 31.4 Å². The Balaban J connectivity index is 1.84. The molecule has 1 amide bonds. The zero-order chi connectivity index (χ0) is 26.1. The minimum Gasteiger partial charge on any atom is -0.453 e. The number of ether oxygens (including phenoxy) is 2. The molecule has 4 rings (SSSR count). The second-order valence-corrected chi connectivity index (χ2v) is 7.87. The molecule has 9 nitrogen and oxygen atoms in total. The van der Waals surface area contributed by atoms with E-state index in [0.29, 0.717) is 12.7 Å². The number of aromatic nitrogens is 3. The van der Waals surface area contributed by atoms with Crippen LogP contribution in [0.15, 0.2) is 24.5 Å². The standard InChI is InChI=1S/C21H20F6N6O3/c1-35-19(34)32-14-5-4-11-12(8-29-16(11)17(14)36-21(25,26)27)15-13(20(22,23)24)9-30-18(33-15)31-10-3-2-6-28-7-10/h4-5,8-10,28-29H,2-3,6-7H2,1H3,(H,32,34)(H,30,31,33)/t10-/m0/s1. The lowest BCUT2D eigenvalue weighted by Gasteiger charge is -2.24. The van der Waals surface area contributed by atoms with Crippen molar-refractivity contribution in [3.8, 4) is 17.0 Å². The van der Waals surface area contributed by atoms with Gasteiger partial charge in [-0.1, -0.05) is 0 Å². The summed E-state index contributed by atoms with van der Waals surface area (Å²) in [5.41, 5.74) is -2.58. The third-order valence-corrected chi connectivity index (χ3v) is 5.43. The smallest absolute Gasteiger partial charge is 0.453 e. The molecule has 36 heavy (non-hydrogen) atoms. The monoisotopic (exact) mass is 518 g/mol. The molecule has 3 heterocycles. The molecule has 0 aliphatic carbocycles. The highest BCUT2D eigenvalue weighted by Crippen LogP contribution is 2.43. The van der Waals surface area contributed by atoms with Crippen molar-refractivity contribution in [1.82, 2.24) is 20.3 Å². The molecule has 0 saturated carbocycles. The fourth-order valence-electron chi connectivity index (χ4n) is 3.87. The van der Waals surface area contributed by atoms with Gasteiger partial charge in [0.25, 0.3) is 0 Å². The minimum atomic E-state index is -5.16. The first-order valence-corrected chi connectivity index (χ1v) is 10.6. The van der Waals surface area contributed by atoms with Gasteiger partial charge in [-0.3, -0.25) is 5.32 Å². The van der Waals surface area contributed by atoms with E-state index in [2.05, 4.69) is 40.4 Å². The summed E-state index contributed by atoms with van der Waals surface area (Å²) >= 11 is 0. The summed E-state index contributed by atoms with van der Waals surface area (Å²) in [6, 6.07) is 2.18. The number of piperidine rings is 1.